The van der Waals surface area contributed by atoms with E-state index in [1.54, 1.807) is 0 Å². The van der Waals surface area contributed by atoms with Gasteiger partial charge in [-0.25, -0.2) is 4.68 Å². The van der Waals surface area contributed by atoms with Crippen LogP contribution < -0.4 is 5.32 Å². The van der Waals surface area contributed by atoms with E-state index < -0.39 is 0 Å². The van der Waals surface area contributed by atoms with Gasteiger partial charge in [0.15, 0.2) is 0 Å². The number of likely N-dealkylation sites (tertiary alicyclic amines) is 1. The highest BCUT2D eigenvalue weighted by Gasteiger charge is 2.19. The zero-order chi connectivity index (χ0) is 12.4. The smallest absolute Gasteiger partial charge is 0.148 e. The van der Waals surface area contributed by atoms with E-state index in [-0.39, 0.29) is 0 Å². The van der Waals surface area contributed by atoms with E-state index in [1.807, 2.05) is 35.1 Å². The molecule has 1 fully saturated rings. The molecule has 1 aromatic heterocycles. The average Bonchev–Trinajstić information content (AvgIpc) is 3.01. The van der Waals surface area contributed by atoms with Gasteiger partial charge in [0.1, 0.15) is 5.82 Å². The molecule has 0 amide bonds. The first kappa shape index (κ1) is 11.3. The normalized spacial score (nSPS) is 20.2. The minimum Gasteiger partial charge on any atom is -0.365 e. The SMILES string of the molecule is CN1CCC(Nc2ccn(-c3ccccc3)n2)C1. The molecule has 1 aliphatic heterocycles. The van der Waals surface area contributed by atoms with E-state index in [1.165, 1.54) is 6.42 Å². The van der Waals surface area contributed by atoms with Crippen molar-refractivity contribution < 1.29 is 0 Å². The second kappa shape index (κ2) is 4.82. The summed E-state index contributed by atoms with van der Waals surface area (Å²) in [5.74, 6) is 0.958. The number of nitrogens with zero attached hydrogens (tertiary/aromatic N) is 3. The summed E-state index contributed by atoms with van der Waals surface area (Å²) in [5.41, 5.74) is 1.09. The summed E-state index contributed by atoms with van der Waals surface area (Å²) in [7, 11) is 2.16. The third-order valence-electron chi connectivity index (χ3n) is 3.35. The Morgan fingerprint density at radius 2 is 2.06 bits per heavy atom. The number of para-hydroxylation sites is 1. The topological polar surface area (TPSA) is 33.1 Å². The maximum atomic E-state index is 4.56. The van der Waals surface area contributed by atoms with Crippen molar-refractivity contribution in [3.05, 3.63) is 42.6 Å². The maximum absolute atomic E-state index is 4.56. The lowest BCUT2D eigenvalue weighted by molar-refractivity contribution is 0.414. The van der Waals surface area contributed by atoms with Crippen molar-refractivity contribution in [1.29, 1.82) is 0 Å². The van der Waals surface area contributed by atoms with Crippen LogP contribution in [0.15, 0.2) is 42.6 Å². The standard InChI is InChI=1S/C14H18N4/c1-17-9-7-12(11-17)15-14-8-10-18(16-14)13-5-3-2-4-6-13/h2-6,8,10,12H,7,9,11H2,1H3,(H,15,16). The van der Waals surface area contributed by atoms with Crippen LogP contribution in [0.1, 0.15) is 6.42 Å². The van der Waals surface area contributed by atoms with Crippen LogP contribution in [0.5, 0.6) is 0 Å². The van der Waals surface area contributed by atoms with Crippen LogP contribution in [0.2, 0.25) is 0 Å². The molecule has 0 bridgehead atoms. The number of anilines is 1. The number of benzene rings is 1. The van der Waals surface area contributed by atoms with Crippen LogP contribution in [0.25, 0.3) is 5.69 Å². The largest absolute Gasteiger partial charge is 0.365 e. The third kappa shape index (κ3) is 2.38. The highest BCUT2D eigenvalue weighted by molar-refractivity contribution is 5.38. The summed E-state index contributed by atoms with van der Waals surface area (Å²) < 4.78 is 1.90. The highest BCUT2D eigenvalue weighted by atomic mass is 15.3. The van der Waals surface area contributed by atoms with Crippen molar-refractivity contribution >= 4 is 5.82 Å². The number of hydrogen-bond donors (Lipinski definition) is 1. The molecule has 3 rings (SSSR count). The Hall–Kier alpha value is -1.81. The van der Waals surface area contributed by atoms with Gasteiger partial charge in [-0.1, -0.05) is 18.2 Å². The first-order valence-electron chi connectivity index (χ1n) is 6.37. The van der Waals surface area contributed by atoms with Crippen molar-refractivity contribution in [2.75, 3.05) is 25.5 Å². The van der Waals surface area contributed by atoms with Crippen molar-refractivity contribution in [2.24, 2.45) is 0 Å². The van der Waals surface area contributed by atoms with Crippen molar-refractivity contribution in [3.63, 3.8) is 0 Å². The lowest BCUT2D eigenvalue weighted by atomic mass is 10.3. The zero-order valence-corrected chi connectivity index (χ0v) is 10.6. The molecule has 4 heteroatoms. The van der Waals surface area contributed by atoms with Gasteiger partial charge in [0.25, 0.3) is 0 Å². The van der Waals surface area contributed by atoms with Crippen molar-refractivity contribution in [1.82, 2.24) is 14.7 Å². The molecule has 0 spiro atoms. The summed E-state index contributed by atoms with van der Waals surface area (Å²) in [6.07, 6.45) is 3.19. The van der Waals surface area contributed by atoms with Gasteiger partial charge in [0.2, 0.25) is 0 Å². The fraction of sp³-hybridized carbons (Fsp3) is 0.357. The molecule has 0 radical (unpaired) electrons. The molecule has 1 unspecified atom stereocenters. The Morgan fingerprint density at radius 1 is 1.22 bits per heavy atom. The van der Waals surface area contributed by atoms with E-state index in [4.69, 9.17) is 0 Å². The molecule has 1 aliphatic rings. The molecule has 1 atom stereocenters. The quantitative estimate of drug-likeness (QED) is 0.893. The van der Waals surface area contributed by atoms with Crippen LogP contribution in [-0.2, 0) is 0 Å². The first-order chi connectivity index (χ1) is 8.81. The molecule has 18 heavy (non-hydrogen) atoms. The van der Waals surface area contributed by atoms with Crippen LogP contribution >= 0.6 is 0 Å². The summed E-state index contributed by atoms with van der Waals surface area (Å²) in [5, 5.41) is 8.04. The third-order valence-corrected chi connectivity index (χ3v) is 3.35. The van der Waals surface area contributed by atoms with E-state index >= 15 is 0 Å². The monoisotopic (exact) mass is 242 g/mol. The minimum absolute atomic E-state index is 0.522. The Labute approximate surface area is 107 Å². The van der Waals surface area contributed by atoms with Gasteiger partial charge in [-0.15, -0.1) is 0 Å². The number of hydrogen-bond acceptors (Lipinski definition) is 3. The summed E-state index contributed by atoms with van der Waals surface area (Å²) in [6.45, 7) is 2.26. The minimum atomic E-state index is 0.522. The fourth-order valence-electron chi connectivity index (χ4n) is 2.39. The molecule has 4 nitrogen and oxygen atoms in total. The molecule has 94 valence electrons. The molecule has 2 aromatic rings. The van der Waals surface area contributed by atoms with Gasteiger partial charge in [-0.05, 0) is 32.1 Å². The average molecular weight is 242 g/mol. The lowest BCUT2D eigenvalue weighted by Gasteiger charge is -2.11. The molecule has 2 heterocycles. The van der Waals surface area contributed by atoms with Crippen LogP contribution in [0, 0.1) is 0 Å². The summed E-state index contributed by atoms with van der Waals surface area (Å²) >= 11 is 0. The van der Waals surface area contributed by atoms with Gasteiger partial charge in [-0.3, -0.25) is 0 Å². The van der Waals surface area contributed by atoms with Crippen molar-refractivity contribution in [2.45, 2.75) is 12.5 Å². The fourth-order valence-corrected chi connectivity index (χ4v) is 2.39. The number of likely N-dealkylation sites (N-methyl/N-ethyl adjacent to an activating group) is 1. The number of rotatable bonds is 3. The molecule has 1 aromatic carbocycles. The van der Waals surface area contributed by atoms with Gasteiger partial charge in [0, 0.05) is 24.8 Å². The molecule has 0 saturated carbocycles. The van der Waals surface area contributed by atoms with E-state index in [2.05, 4.69) is 34.5 Å². The molecular formula is C14H18N4. The Bertz CT molecular complexity index is 506. The highest BCUT2D eigenvalue weighted by Crippen LogP contribution is 2.14. The lowest BCUT2D eigenvalue weighted by Crippen LogP contribution is -2.23. The zero-order valence-electron chi connectivity index (χ0n) is 10.6. The van der Waals surface area contributed by atoms with Crippen LogP contribution in [-0.4, -0.2) is 40.9 Å². The van der Waals surface area contributed by atoms with Gasteiger partial charge >= 0.3 is 0 Å². The van der Waals surface area contributed by atoms with E-state index in [0.29, 0.717) is 6.04 Å². The van der Waals surface area contributed by atoms with E-state index in [0.717, 1.165) is 24.6 Å². The molecule has 1 saturated heterocycles. The Kier molecular flexibility index (Phi) is 3.02. The summed E-state index contributed by atoms with van der Waals surface area (Å²) in [6, 6.07) is 12.7. The molecule has 1 N–H and O–H groups in total. The predicted molar refractivity (Wildman–Crippen MR) is 73.1 cm³/mol. The maximum Gasteiger partial charge on any atom is 0.148 e. The van der Waals surface area contributed by atoms with Crippen molar-refractivity contribution in [3.8, 4) is 5.69 Å². The summed E-state index contributed by atoms with van der Waals surface area (Å²) in [4.78, 5) is 2.34. The van der Waals surface area contributed by atoms with Crippen LogP contribution in [0.3, 0.4) is 0 Å². The molecule has 0 aliphatic carbocycles. The van der Waals surface area contributed by atoms with Gasteiger partial charge in [0.05, 0.1) is 5.69 Å². The Morgan fingerprint density at radius 3 is 2.78 bits per heavy atom. The van der Waals surface area contributed by atoms with Gasteiger partial charge < -0.3 is 10.2 Å². The van der Waals surface area contributed by atoms with Gasteiger partial charge in [-0.2, -0.15) is 5.10 Å². The van der Waals surface area contributed by atoms with E-state index in [9.17, 15) is 0 Å². The second-order valence-electron chi connectivity index (χ2n) is 4.87. The first-order valence-corrected chi connectivity index (χ1v) is 6.37. The second-order valence-corrected chi connectivity index (χ2v) is 4.87. The number of aromatic nitrogens is 2. The Balaban J connectivity index is 1.70. The predicted octanol–water partition coefficient (Wildman–Crippen LogP) is 1.99. The molecular weight excluding hydrogens is 224 g/mol. The van der Waals surface area contributed by atoms with Crippen LogP contribution in [0.4, 0.5) is 5.82 Å². The number of nitrogens with one attached hydrogen (secondary N) is 1.